The first-order chi connectivity index (χ1) is 13.7. The summed E-state index contributed by atoms with van der Waals surface area (Å²) in [6.45, 7) is 10.6. The molecule has 0 saturated carbocycles. The third kappa shape index (κ3) is 3.88. The Morgan fingerprint density at radius 2 is 1.52 bits per heavy atom. The average Bonchev–Trinajstić information content (AvgIpc) is 2.81. The summed E-state index contributed by atoms with van der Waals surface area (Å²) in [6, 6.07) is 7.01. The predicted molar refractivity (Wildman–Crippen MR) is 108 cm³/mol. The van der Waals surface area contributed by atoms with Crippen molar-refractivity contribution in [2.75, 3.05) is 39.3 Å². The van der Waals surface area contributed by atoms with Gasteiger partial charge in [0.1, 0.15) is 5.60 Å². The molecule has 0 atom stereocenters. The molecule has 1 aromatic rings. The first kappa shape index (κ1) is 19.9. The van der Waals surface area contributed by atoms with Crippen LogP contribution in [-0.4, -0.2) is 77.5 Å². The predicted octanol–water partition coefficient (Wildman–Crippen LogP) is 2.62. The number of unbranched alkanes of at least 4 members (excludes halogenated alkanes) is 1. The van der Waals surface area contributed by atoms with Crippen molar-refractivity contribution in [3.05, 3.63) is 35.4 Å². The smallest absolute Gasteiger partial charge is 0.410 e. The van der Waals surface area contributed by atoms with E-state index < -0.39 is 5.60 Å². The van der Waals surface area contributed by atoms with Crippen molar-refractivity contribution in [2.24, 2.45) is 5.41 Å². The van der Waals surface area contributed by atoms with Gasteiger partial charge in [0.2, 0.25) is 0 Å². The number of imide groups is 1. The van der Waals surface area contributed by atoms with E-state index in [0.717, 1.165) is 45.6 Å². The van der Waals surface area contributed by atoms with Crippen molar-refractivity contribution in [3.8, 4) is 0 Å². The quantitative estimate of drug-likeness (QED) is 0.562. The normalized spacial score (nSPS) is 20.5. The number of benzene rings is 1. The molecule has 0 unspecified atom stereocenters. The summed E-state index contributed by atoms with van der Waals surface area (Å²) >= 11 is 0. The van der Waals surface area contributed by atoms with Crippen molar-refractivity contribution in [3.63, 3.8) is 0 Å². The average molecular weight is 399 g/mol. The fourth-order valence-electron chi connectivity index (χ4n) is 4.53. The van der Waals surface area contributed by atoms with Crippen molar-refractivity contribution < 1.29 is 19.1 Å². The Morgan fingerprint density at radius 1 is 0.966 bits per heavy atom. The van der Waals surface area contributed by atoms with Gasteiger partial charge < -0.3 is 14.5 Å². The maximum atomic E-state index is 12.4. The second-order valence-electron chi connectivity index (χ2n) is 9.56. The van der Waals surface area contributed by atoms with Crippen LogP contribution in [0.5, 0.6) is 0 Å². The van der Waals surface area contributed by atoms with Crippen LogP contribution in [0.2, 0.25) is 0 Å². The molecule has 3 amide bonds. The van der Waals surface area contributed by atoms with Gasteiger partial charge in [0, 0.05) is 38.1 Å². The van der Waals surface area contributed by atoms with Crippen LogP contribution in [0.25, 0.3) is 0 Å². The number of hydrogen-bond donors (Lipinski definition) is 0. The molecule has 7 nitrogen and oxygen atoms in total. The minimum atomic E-state index is -0.453. The lowest BCUT2D eigenvalue weighted by Gasteiger charge is -2.60. The summed E-state index contributed by atoms with van der Waals surface area (Å²) in [5.74, 6) is -0.351. The molecular formula is C22H29N3O4. The van der Waals surface area contributed by atoms with Crippen LogP contribution in [0, 0.1) is 5.41 Å². The fraction of sp³-hybridized carbons (Fsp3) is 0.591. The monoisotopic (exact) mass is 399 g/mol. The second kappa shape index (κ2) is 7.13. The fourth-order valence-corrected chi connectivity index (χ4v) is 4.53. The largest absolute Gasteiger partial charge is 0.444 e. The Hall–Kier alpha value is -2.41. The lowest BCUT2D eigenvalue weighted by molar-refractivity contribution is -0.112. The molecule has 7 heteroatoms. The molecule has 2 fully saturated rings. The van der Waals surface area contributed by atoms with Gasteiger partial charge in [-0.1, -0.05) is 12.1 Å². The van der Waals surface area contributed by atoms with Crippen LogP contribution in [0.15, 0.2) is 24.3 Å². The Balaban J connectivity index is 1.14. The Bertz CT molecular complexity index is 796. The highest BCUT2D eigenvalue weighted by Crippen LogP contribution is 2.40. The van der Waals surface area contributed by atoms with E-state index in [-0.39, 0.29) is 23.3 Å². The highest BCUT2D eigenvalue weighted by atomic mass is 16.6. The summed E-state index contributed by atoms with van der Waals surface area (Å²) in [4.78, 5) is 42.3. The molecule has 2 saturated heterocycles. The van der Waals surface area contributed by atoms with E-state index in [4.69, 9.17) is 4.74 Å². The summed E-state index contributed by atoms with van der Waals surface area (Å²) in [5.41, 5.74) is 0.813. The van der Waals surface area contributed by atoms with Gasteiger partial charge in [-0.15, -0.1) is 0 Å². The van der Waals surface area contributed by atoms with Gasteiger partial charge in [-0.3, -0.25) is 14.5 Å². The number of hydrogen-bond acceptors (Lipinski definition) is 5. The maximum absolute atomic E-state index is 12.4. The van der Waals surface area contributed by atoms with Gasteiger partial charge in [0.25, 0.3) is 11.8 Å². The molecule has 3 aliphatic heterocycles. The molecular weight excluding hydrogens is 370 g/mol. The minimum absolute atomic E-state index is 0.176. The molecule has 29 heavy (non-hydrogen) atoms. The lowest BCUT2D eigenvalue weighted by atomic mass is 9.73. The number of nitrogens with zero attached hydrogens (tertiary/aromatic N) is 3. The van der Waals surface area contributed by atoms with E-state index in [1.807, 2.05) is 20.8 Å². The van der Waals surface area contributed by atoms with Gasteiger partial charge >= 0.3 is 6.09 Å². The highest BCUT2D eigenvalue weighted by Gasteiger charge is 2.53. The summed E-state index contributed by atoms with van der Waals surface area (Å²) in [7, 11) is 0. The molecule has 156 valence electrons. The zero-order valence-corrected chi connectivity index (χ0v) is 17.4. The summed E-state index contributed by atoms with van der Waals surface area (Å²) < 4.78 is 5.41. The lowest BCUT2D eigenvalue weighted by Crippen LogP contribution is -2.73. The van der Waals surface area contributed by atoms with E-state index in [9.17, 15) is 14.4 Å². The van der Waals surface area contributed by atoms with Gasteiger partial charge in [-0.25, -0.2) is 4.79 Å². The van der Waals surface area contributed by atoms with Gasteiger partial charge in [0.15, 0.2) is 0 Å². The molecule has 3 heterocycles. The van der Waals surface area contributed by atoms with E-state index in [1.54, 1.807) is 29.2 Å². The molecule has 0 aromatic heterocycles. The van der Waals surface area contributed by atoms with E-state index in [2.05, 4.69) is 4.90 Å². The highest BCUT2D eigenvalue weighted by molar-refractivity contribution is 6.21. The number of carbonyl (C=O) groups excluding carboxylic acids is 3. The van der Waals surface area contributed by atoms with Crippen molar-refractivity contribution >= 4 is 17.9 Å². The van der Waals surface area contributed by atoms with Crippen LogP contribution in [0.1, 0.15) is 54.3 Å². The molecule has 0 bridgehead atoms. The molecule has 0 N–H and O–H groups in total. The van der Waals surface area contributed by atoms with Gasteiger partial charge in [-0.05, 0) is 52.3 Å². The number of amides is 3. The zero-order valence-electron chi connectivity index (χ0n) is 17.4. The first-order valence-electron chi connectivity index (χ1n) is 10.3. The van der Waals surface area contributed by atoms with Crippen LogP contribution < -0.4 is 0 Å². The van der Waals surface area contributed by atoms with Crippen LogP contribution >= 0.6 is 0 Å². The van der Waals surface area contributed by atoms with Crippen LogP contribution in [0.3, 0.4) is 0 Å². The Labute approximate surface area is 171 Å². The van der Waals surface area contributed by atoms with E-state index >= 15 is 0 Å². The topological polar surface area (TPSA) is 70.2 Å². The Morgan fingerprint density at radius 3 is 2.07 bits per heavy atom. The minimum Gasteiger partial charge on any atom is -0.444 e. The molecule has 4 rings (SSSR count). The first-order valence-corrected chi connectivity index (χ1v) is 10.3. The van der Waals surface area contributed by atoms with E-state index in [1.165, 1.54) is 4.90 Å². The van der Waals surface area contributed by atoms with Crippen LogP contribution in [-0.2, 0) is 4.74 Å². The number of carbonyl (C=O) groups is 3. The van der Waals surface area contributed by atoms with Crippen molar-refractivity contribution in [1.29, 1.82) is 0 Å². The van der Waals surface area contributed by atoms with Crippen molar-refractivity contribution in [1.82, 2.24) is 14.7 Å². The Kier molecular flexibility index (Phi) is 4.89. The standard InChI is InChI=1S/C22H29N3O4/c1-21(2,3)29-20(28)24-14-22(15-24)12-23(13-22)10-6-7-11-25-18(26)16-8-4-5-9-17(16)19(25)27/h4-5,8-9H,6-7,10-15H2,1-3H3. The summed E-state index contributed by atoms with van der Waals surface area (Å²) in [6.07, 6.45) is 1.53. The maximum Gasteiger partial charge on any atom is 0.410 e. The third-order valence-corrected chi connectivity index (χ3v) is 5.81. The molecule has 1 aromatic carbocycles. The third-order valence-electron chi connectivity index (χ3n) is 5.81. The SMILES string of the molecule is CC(C)(C)OC(=O)N1CC2(CN(CCCCN3C(=O)c4ccccc4C3=O)C2)C1. The molecule has 3 aliphatic rings. The van der Waals surface area contributed by atoms with Crippen LogP contribution in [0.4, 0.5) is 4.79 Å². The summed E-state index contributed by atoms with van der Waals surface area (Å²) in [5, 5.41) is 0. The van der Waals surface area contributed by atoms with Gasteiger partial charge in [-0.2, -0.15) is 0 Å². The molecule has 1 spiro atoms. The number of rotatable bonds is 5. The van der Waals surface area contributed by atoms with Crippen molar-refractivity contribution in [2.45, 2.75) is 39.2 Å². The number of likely N-dealkylation sites (tertiary alicyclic amines) is 2. The van der Waals surface area contributed by atoms with E-state index in [0.29, 0.717) is 17.7 Å². The molecule has 0 aliphatic carbocycles. The zero-order chi connectivity index (χ0) is 20.8. The van der Waals surface area contributed by atoms with Gasteiger partial charge in [0.05, 0.1) is 11.1 Å². The molecule has 0 radical (unpaired) electrons. The number of ether oxygens (including phenoxy) is 1. The number of fused-ring (bicyclic) bond motifs is 1. The second-order valence-corrected chi connectivity index (χ2v) is 9.56.